The van der Waals surface area contributed by atoms with E-state index in [-0.39, 0.29) is 5.82 Å². The highest BCUT2D eigenvalue weighted by Crippen LogP contribution is 2.31. The molecular formula is C16H15BrF3N. The molecule has 1 atom stereocenters. The largest absolute Gasteiger partial charge is 0.306 e. The first kappa shape index (κ1) is 16.0. The van der Waals surface area contributed by atoms with Crippen molar-refractivity contribution in [3.8, 4) is 0 Å². The maximum atomic E-state index is 14.1. The van der Waals surface area contributed by atoms with Crippen LogP contribution in [-0.4, -0.2) is 6.54 Å². The average molecular weight is 358 g/mol. The first-order chi connectivity index (χ1) is 9.93. The first-order valence-electron chi connectivity index (χ1n) is 6.58. The zero-order valence-electron chi connectivity index (χ0n) is 11.7. The maximum absolute atomic E-state index is 14.1. The highest BCUT2D eigenvalue weighted by atomic mass is 79.9. The summed E-state index contributed by atoms with van der Waals surface area (Å²) in [5.41, 5.74) is 1.40. The van der Waals surface area contributed by atoms with Gasteiger partial charge in [0.2, 0.25) is 0 Å². The first-order valence-corrected chi connectivity index (χ1v) is 7.37. The Balaban J connectivity index is 2.55. The molecule has 5 heteroatoms. The van der Waals surface area contributed by atoms with Crippen LogP contribution in [0, 0.1) is 24.4 Å². The zero-order chi connectivity index (χ0) is 15.6. The topological polar surface area (TPSA) is 12.0 Å². The van der Waals surface area contributed by atoms with Crippen molar-refractivity contribution >= 4 is 15.9 Å². The molecule has 0 spiro atoms. The van der Waals surface area contributed by atoms with Crippen LogP contribution in [0.5, 0.6) is 0 Å². The molecule has 1 unspecified atom stereocenters. The van der Waals surface area contributed by atoms with Gasteiger partial charge >= 0.3 is 0 Å². The van der Waals surface area contributed by atoms with E-state index >= 15 is 0 Å². The van der Waals surface area contributed by atoms with Gasteiger partial charge in [0.15, 0.2) is 0 Å². The van der Waals surface area contributed by atoms with E-state index in [1.807, 2.05) is 6.92 Å². The lowest BCUT2D eigenvalue weighted by molar-refractivity contribution is 0.536. The van der Waals surface area contributed by atoms with E-state index in [1.165, 1.54) is 18.2 Å². The van der Waals surface area contributed by atoms with E-state index in [0.717, 1.165) is 6.07 Å². The lowest BCUT2D eigenvalue weighted by Crippen LogP contribution is -2.23. The van der Waals surface area contributed by atoms with Crippen LogP contribution in [0.15, 0.2) is 34.8 Å². The molecule has 0 bridgehead atoms. The van der Waals surface area contributed by atoms with Crippen LogP contribution >= 0.6 is 15.9 Å². The summed E-state index contributed by atoms with van der Waals surface area (Å²) in [5, 5.41) is 3.15. The fourth-order valence-corrected chi connectivity index (χ4v) is 2.81. The summed E-state index contributed by atoms with van der Waals surface area (Å²) in [4.78, 5) is 0. The average Bonchev–Trinajstić information content (AvgIpc) is 2.41. The van der Waals surface area contributed by atoms with Gasteiger partial charge in [-0.25, -0.2) is 13.2 Å². The van der Waals surface area contributed by atoms with Gasteiger partial charge < -0.3 is 5.32 Å². The number of nitrogens with one attached hydrogen (secondary N) is 1. The summed E-state index contributed by atoms with van der Waals surface area (Å²) in [5.74, 6) is -1.58. The predicted octanol–water partition coefficient (Wildman–Crippen LogP) is 4.87. The van der Waals surface area contributed by atoms with Crippen LogP contribution in [0.25, 0.3) is 0 Å². The maximum Gasteiger partial charge on any atom is 0.131 e. The van der Waals surface area contributed by atoms with Gasteiger partial charge in [0.1, 0.15) is 17.5 Å². The van der Waals surface area contributed by atoms with E-state index in [4.69, 9.17) is 0 Å². The number of hydrogen-bond donors (Lipinski definition) is 1. The minimum absolute atomic E-state index is 0.336. The summed E-state index contributed by atoms with van der Waals surface area (Å²) < 4.78 is 41.3. The van der Waals surface area contributed by atoms with Crippen molar-refractivity contribution in [2.75, 3.05) is 6.54 Å². The van der Waals surface area contributed by atoms with Crippen LogP contribution in [0.2, 0.25) is 0 Å². The number of halogens is 4. The van der Waals surface area contributed by atoms with E-state index < -0.39 is 17.7 Å². The second-order valence-corrected chi connectivity index (χ2v) is 5.63. The van der Waals surface area contributed by atoms with Crippen molar-refractivity contribution in [2.45, 2.75) is 19.9 Å². The molecule has 0 fully saturated rings. The smallest absolute Gasteiger partial charge is 0.131 e. The molecule has 1 N–H and O–H groups in total. The van der Waals surface area contributed by atoms with E-state index in [2.05, 4.69) is 21.2 Å². The van der Waals surface area contributed by atoms with Gasteiger partial charge in [-0.05, 0) is 42.8 Å². The molecule has 2 aromatic carbocycles. The van der Waals surface area contributed by atoms with Gasteiger partial charge in [-0.3, -0.25) is 0 Å². The van der Waals surface area contributed by atoms with Crippen LogP contribution in [-0.2, 0) is 0 Å². The minimum atomic E-state index is -0.625. The fourth-order valence-electron chi connectivity index (χ4n) is 2.23. The Kier molecular flexibility index (Phi) is 5.06. The molecule has 0 saturated carbocycles. The van der Waals surface area contributed by atoms with Crippen molar-refractivity contribution in [1.82, 2.24) is 5.32 Å². The SMILES string of the molecule is CCNC(c1cc(C)c(F)cc1F)c1ccc(F)cc1Br. The Morgan fingerprint density at radius 2 is 1.76 bits per heavy atom. The summed E-state index contributed by atoms with van der Waals surface area (Å²) in [6, 6.07) is 6.11. The molecule has 0 heterocycles. The van der Waals surface area contributed by atoms with Gasteiger partial charge in [-0.2, -0.15) is 0 Å². The summed E-state index contributed by atoms with van der Waals surface area (Å²) in [6.07, 6.45) is 0. The van der Waals surface area contributed by atoms with Gasteiger partial charge in [0, 0.05) is 16.1 Å². The lowest BCUT2D eigenvalue weighted by Gasteiger charge is -2.21. The number of rotatable bonds is 4. The Morgan fingerprint density at radius 3 is 2.38 bits per heavy atom. The molecule has 0 amide bonds. The van der Waals surface area contributed by atoms with Crippen molar-refractivity contribution < 1.29 is 13.2 Å². The Bertz CT molecular complexity index is 658. The molecular weight excluding hydrogens is 343 g/mol. The lowest BCUT2D eigenvalue weighted by atomic mass is 9.96. The summed E-state index contributed by atoms with van der Waals surface area (Å²) >= 11 is 3.30. The van der Waals surface area contributed by atoms with Crippen molar-refractivity contribution in [1.29, 1.82) is 0 Å². The minimum Gasteiger partial charge on any atom is -0.306 e. The summed E-state index contributed by atoms with van der Waals surface area (Å²) in [6.45, 7) is 4.06. The van der Waals surface area contributed by atoms with Crippen LogP contribution in [0.4, 0.5) is 13.2 Å². The van der Waals surface area contributed by atoms with E-state index in [9.17, 15) is 13.2 Å². The van der Waals surface area contributed by atoms with Gasteiger partial charge in [-0.1, -0.05) is 28.9 Å². The molecule has 0 saturated heterocycles. The number of benzene rings is 2. The molecule has 0 aliphatic rings. The molecule has 0 aromatic heterocycles. The van der Waals surface area contributed by atoms with Gasteiger partial charge in [0.25, 0.3) is 0 Å². The van der Waals surface area contributed by atoms with Gasteiger partial charge in [0.05, 0.1) is 6.04 Å². The highest BCUT2D eigenvalue weighted by molar-refractivity contribution is 9.10. The molecule has 0 aliphatic heterocycles. The Morgan fingerprint density at radius 1 is 1.05 bits per heavy atom. The van der Waals surface area contributed by atoms with Crippen LogP contribution < -0.4 is 5.32 Å². The van der Waals surface area contributed by atoms with Gasteiger partial charge in [-0.15, -0.1) is 0 Å². The van der Waals surface area contributed by atoms with Crippen molar-refractivity contribution in [3.05, 3.63) is 68.9 Å². The molecule has 2 rings (SSSR count). The standard InChI is InChI=1S/C16H15BrF3N/c1-3-21-16(11-5-4-10(18)7-13(11)17)12-6-9(2)14(19)8-15(12)20/h4-8,16,21H,3H2,1-2H3. The molecule has 21 heavy (non-hydrogen) atoms. The zero-order valence-corrected chi connectivity index (χ0v) is 13.3. The third-order valence-electron chi connectivity index (χ3n) is 3.27. The van der Waals surface area contributed by atoms with E-state index in [0.29, 0.717) is 27.7 Å². The predicted molar refractivity (Wildman–Crippen MR) is 80.7 cm³/mol. The molecule has 0 radical (unpaired) electrons. The third kappa shape index (κ3) is 3.47. The normalized spacial score (nSPS) is 12.5. The fraction of sp³-hybridized carbons (Fsp3) is 0.250. The Hall–Kier alpha value is -1.33. The number of aryl methyl sites for hydroxylation is 1. The van der Waals surface area contributed by atoms with Crippen molar-refractivity contribution in [2.24, 2.45) is 0 Å². The summed E-state index contributed by atoms with van der Waals surface area (Å²) in [7, 11) is 0. The molecule has 0 aliphatic carbocycles. The molecule has 2 aromatic rings. The van der Waals surface area contributed by atoms with E-state index in [1.54, 1.807) is 13.0 Å². The second kappa shape index (κ2) is 6.62. The quantitative estimate of drug-likeness (QED) is 0.822. The van der Waals surface area contributed by atoms with Crippen LogP contribution in [0.1, 0.15) is 29.7 Å². The highest BCUT2D eigenvalue weighted by Gasteiger charge is 2.21. The van der Waals surface area contributed by atoms with Crippen LogP contribution in [0.3, 0.4) is 0 Å². The van der Waals surface area contributed by atoms with Crippen molar-refractivity contribution in [3.63, 3.8) is 0 Å². The monoisotopic (exact) mass is 357 g/mol. The second-order valence-electron chi connectivity index (χ2n) is 4.78. The number of hydrogen-bond acceptors (Lipinski definition) is 1. The molecule has 1 nitrogen and oxygen atoms in total. The Labute approximate surface area is 130 Å². The third-order valence-corrected chi connectivity index (χ3v) is 3.96. The molecule has 112 valence electrons.